The molecule has 0 unspecified atom stereocenters. The predicted molar refractivity (Wildman–Crippen MR) is 84.0 cm³/mol. The van der Waals surface area contributed by atoms with Crippen LogP contribution in [0, 0.1) is 6.92 Å². The number of hydrogen-bond donors (Lipinski definition) is 3. The van der Waals surface area contributed by atoms with Gasteiger partial charge in [0, 0.05) is 12.0 Å². The van der Waals surface area contributed by atoms with Gasteiger partial charge in [0.15, 0.2) is 0 Å². The molecule has 1 amide bonds. The highest BCUT2D eigenvalue weighted by molar-refractivity contribution is 5.94. The molecule has 122 valence electrons. The van der Waals surface area contributed by atoms with Crippen LogP contribution in [0.2, 0.25) is 0 Å². The third kappa shape index (κ3) is 3.55. The molecule has 6 nitrogen and oxygen atoms in total. The van der Waals surface area contributed by atoms with Crippen LogP contribution in [0.5, 0.6) is 0 Å². The summed E-state index contributed by atoms with van der Waals surface area (Å²) in [5, 5.41) is 12.9. The molecule has 22 heavy (non-hydrogen) atoms. The molecule has 3 N–H and O–H groups in total. The Morgan fingerprint density at radius 1 is 1.36 bits per heavy atom. The molecule has 0 aliphatic heterocycles. The van der Waals surface area contributed by atoms with Crippen LogP contribution in [-0.4, -0.2) is 33.1 Å². The smallest absolute Gasteiger partial charge is 0.264 e. The second-order valence-corrected chi connectivity index (χ2v) is 7.24. The Bertz CT molecular complexity index is 623. The first-order chi connectivity index (χ1) is 10.1. The van der Waals surface area contributed by atoms with E-state index in [1.807, 2.05) is 20.8 Å². The number of carbonyl (C=O) groups is 1. The lowest BCUT2D eigenvalue weighted by molar-refractivity contribution is 0.0449. The summed E-state index contributed by atoms with van der Waals surface area (Å²) in [5.41, 5.74) is -1.14. The van der Waals surface area contributed by atoms with E-state index in [1.54, 1.807) is 6.92 Å². The molecule has 0 bridgehead atoms. The number of aromatic nitrogens is 2. The first-order valence-electron chi connectivity index (χ1n) is 7.74. The average Bonchev–Trinajstić information content (AvgIpc) is 2.82. The maximum atomic E-state index is 12.3. The standard InChI is InChI=1S/C16H25N3O3/c1-10-11(13(21)19-14(18-10)15(2,3)4)12(20)17-9-16(22)7-5-6-8-16/h22H,5-9H2,1-4H3,(H,17,20)(H,18,19,21). The summed E-state index contributed by atoms with van der Waals surface area (Å²) in [6, 6.07) is 0. The van der Waals surface area contributed by atoms with Gasteiger partial charge in [-0.1, -0.05) is 33.6 Å². The number of nitrogens with zero attached hydrogens (tertiary/aromatic N) is 1. The van der Waals surface area contributed by atoms with E-state index in [2.05, 4.69) is 15.3 Å². The molecule has 1 aromatic heterocycles. The van der Waals surface area contributed by atoms with Crippen molar-refractivity contribution in [2.24, 2.45) is 0 Å². The topological polar surface area (TPSA) is 95.1 Å². The Morgan fingerprint density at radius 3 is 2.45 bits per heavy atom. The van der Waals surface area contributed by atoms with Crippen molar-refractivity contribution in [3.05, 3.63) is 27.4 Å². The fourth-order valence-electron chi connectivity index (χ4n) is 2.75. The molecular weight excluding hydrogens is 282 g/mol. The number of aryl methyl sites for hydroxylation is 1. The molecule has 0 saturated heterocycles. The van der Waals surface area contributed by atoms with Gasteiger partial charge in [-0.2, -0.15) is 0 Å². The Balaban J connectivity index is 2.18. The third-order valence-corrected chi connectivity index (χ3v) is 4.15. The van der Waals surface area contributed by atoms with Crippen molar-refractivity contribution in [2.75, 3.05) is 6.54 Å². The van der Waals surface area contributed by atoms with Gasteiger partial charge >= 0.3 is 0 Å². The molecule has 1 heterocycles. The number of H-pyrrole nitrogens is 1. The Morgan fingerprint density at radius 2 is 1.95 bits per heavy atom. The number of rotatable bonds is 3. The van der Waals surface area contributed by atoms with E-state index in [1.165, 1.54) is 0 Å². The molecule has 0 aromatic carbocycles. The van der Waals surface area contributed by atoms with Gasteiger partial charge in [0.25, 0.3) is 11.5 Å². The van der Waals surface area contributed by atoms with Crippen molar-refractivity contribution >= 4 is 5.91 Å². The van der Waals surface area contributed by atoms with Gasteiger partial charge in [0.1, 0.15) is 11.4 Å². The monoisotopic (exact) mass is 307 g/mol. The highest BCUT2D eigenvalue weighted by Gasteiger charge is 2.32. The first kappa shape index (κ1) is 16.7. The van der Waals surface area contributed by atoms with Gasteiger partial charge in [-0.15, -0.1) is 0 Å². The van der Waals surface area contributed by atoms with Gasteiger partial charge < -0.3 is 15.4 Å². The van der Waals surface area contributed by atoms with Crippen LogP contribution in [0.3, 0.4) is 0 Å². The SMILES string of the molecule is Cc1nc(C(C)(C)C)[nH]c(=O)c1C(=O)NCC1(O)CCCC1. The second-order valence-electron chi connectivity index (χ2n) is 7.24. The van der Waals surface area contributed by atoms with E-state index in [0.717, 1.165) is 12.8 Å². The van der Waals surface area contributed by atoms with Crippen LogP contribution in [-0.2, 0) is 5.41 Å². The van der Waals surface area contributed by atoms with E-state index in [9.17, 15) is 14.7 Å². The summed E-state index contributed by atoms with van der Waals surface area (Å²) in [7, 11) is 0. The van der Waals surface area contributed by atoms with Gasteiger partial charge in [-0.25, -0.2) is 4.98 Å². The lowest BCUT2D eigenvalue weighted by Gasteiger charge is -2.22. The van der Waals surface area contributed by atoms with Crippen LogP contribution in [0.15, 0.2) is 4.79 Å². The van der Waals surface area contributed by atoms with E-state index < -0.39 is 17.1 Å². The summed E-state index contributed by atoms with van der Waals surface area (Å²) >= 11 is 0. The summed E-state index contributed by atoms with van der Waals surface area (Å²) in [6.07, 6.45) is 3.30. The van der Waals surface area contributed by atoms with E-state index in [4.69, 9.17) is 0 Å². The van der Waals surface area contributed by atoms with E-state index in [0.29, 0.717) is 24.4 Å². The molecule has 1 aromatic rings. The summed E-state index contributed by atoms with van der Waals surface area (Å²) in [6.45, 7) is 7.66. The zero-order chi connectivity index (χ0) is 16.5. The van der Waals surface area contributed by atoms with Gasteiger partial charge in [0.2, 0.25) is 0 Å². The number of hydrogen-bond acceptors (Lipinski definition) is 4. The lowest BCUT2D eigenvalue weighted by atomic mass is 9.95. The number of aromatic amines is 1. The van der Waals surface area contributed by atoms with Crippen LogP contribution in [0.1, 0.15) is 68.3 Å². The zero-order valence-electron chi connectivity index (χ0n) is 13.7. The number of amides is 1. The maximum Gasteiger partial charge on any atom is 0.264 e. The highest BCUT2D eigenvalue weighted by atomic mass is 16.3. The van der Waals surface area contributed by atoms with Crippen molar-refractivity contribution in [3.63, 3.8) is 0 Å². The first-order valence-corrected chi connectivity index (χ1v) is 7.74. The Kier molecular flexibility index (Phi) is 4.42. The number of nitrogens with one attached hydrogen (secondary N) is 2. The quantitative estimate of drug-likeness (QED) is 0.787. The van der Waals surface area contributed by atoms with Gasteiger partial charge in [-0.3, -0.25) is 9.59 Å². The fraction of sp³-hybridized carbons (Fsp3) is 0.688. The van der Waals surface area contributed by atoms with E-state index in [-0.39, 0.29) is 17.5 Å². The maximum absolute atomic E-state index is 12.3. The summed E-state index contributed by atoms with van der Waals surface area (Å²) < 4.78 is 0. The zero-order valence-corrected chi connectivity index (χ0v) is 13.7. The van der Waals surface area contributed by atoms with Gasteiger partial charge in [0.05, 0.1) is 11.3 Å². The third-order valence-electron chi connectivity index (χ3n) is 4.15. The number of carbonyl (C=O) groups excluding carboxylic acids is 1. The van der Waals surface area contributed by atoms with Crippen molar-refractivity contribution in [3.8, 4) is 0 Å². The predicted octanol–water partition coefficient (Wildman–Crippen LogP) is 1.41. The van der Waals surface area contributed by atoms with Crippen LogP contribution >= 0.6 is 0 Å². The molecule has 0 atom stereocenters. The lowest BCUT2D eigenvalue weighted by Crippen LogP contribution is -2.42. The molecule has 0 radical (unpaired) electrons. The van der Waals surface area contributed by atoms with Crippen molar-refractivity contribution in [1.29, 1.82) is 0 Å². The molecule has 1 aliphatic rings. The molecule has 1 aliphatic carbocycles. The highest BCUT2D eigenvalue weighted by Crippen LogP contribution is 2.28. The largest absolute Gasteiger partial charge is 0.388 e. The average molecular weight is 307 g/mol. The molecular formula is C16H25N3O3. The van der Waals surface area contributed by atoms with E-state index >= 15 is 0 Å². The normalized spacial score (nSPS) is 17.5. The molecule has 0 spiro atoms. The minimum absolute atomic E-state index is 0.0228. The van der Waals surface area contributed by atoms with Crippen molar-refractivity contribution < 1.29 is 9.90 Å². The van der Waals surface area contributed by atoms with Crippen molar-refractivity contribution in [2.45, 2.75) is 64.4 Å². The van der Waals surface area contributed by atoms with Crippen molar-refractivity contribution in [1.82, 2.24) is 15.3 Å². The van der Waals surface area contributed by atoms with Gasteiger partial charge in [-0.05, 0) is 19.8 Å². The van der Waals surface area contributed by atoms with Crippen LogP contribution in [0.4, 0.5) is 0 Å². The number of aliphatic hydroxyl groups is 1. The Labute approximate surface area is 130 Å². The minimum atomic E-state index is -0.838. The fourth-order valence-corrected chi connectivity index (χ4v) is 2.75. The summed E-state index contributed by atoms with van der Waals surface area (Å²) in [4.78, 5) is 31.5. The molecule has 6 heteroatoms. The molecule has 2 rings (SSSR count). The van der Waals surface area contributed by atoms with Crippen LogP contribution in [0.25, 0.3) is 0 Å². The Hall–Kier alpha value is -1.69. The van der Waals surface area contributed by atoms with Crippen LogP contribution < -0.4 is 10.9 Å². The minimum Gasteiger partial charge on any atom is -0.388 e. The second kappa shape index (κ2) is 5.83. The summed E-state index contributed by atoms with van der Waals surface area (Å²) in [5.74, 6) is 0.0769. The molecule has 1 fully saturated rings. The molecule has 1 saturated carbocycles.